The number of carbonyl (C=O) groups is 1. The molecule has 0 unspecified atom stereocenters. The predicted molar refractivity (Wildman–Crippen MR) is 122 cm³/mol. The Labute approximate surface area is 176 Å². The van der Waals surface area contributed by atoms with E-state index >= 15 is 0 Å². The van der Waals surface area contributed by atoms with Crippen molar-refractivity contribution in [1.82, 2.24) is 14.8 Å². The minimum absolute atomic E-state index is 0.197. The first-order chi connectivity index (χ1) is 14.5. The van der Waals surface area contributed by atoms with Crippen LogP contribution in [0.4, 0.5) is 5.69 Å². The number of pyridine rings is 1. The van der Waals surface area contributed by atoms with Crippen LogP contribution in [-0.2, 0) is 4.79 Å². The molecule has 0 spiro atoms. The maximum Gasteiger partial charge on any atom is 0.248 e. The van der Waals surface area contributed by atoms with E-state index in [-0.39, 0.29) is 5.91 Å². The Morgan fingerprint density at radius 1 is 1.07 bits per heavy atom. The van der Waals surface area contributed by atoms with Crippen LogP contribution >= 0.6 is 0 Å². The maximum absolute atomic E-state index is 12.4. The minimum atomic E-state index is -0.197. The topological polar surface area (TPSA) is 59.8 Å². The van der Waals surface area contributed by atoms with E-state index in [1.807, 2.05) is 66.2 Å². The van der Waals surface area contributed by atoms with Gasteiger partial charge in [0.1, 0.15) is 0 Å². The number of fused-ring (bicyclic) bond motifs is 1. The maximum atomic E-state index is 12.4. The molecule has 0 saturated heterocycles. The molecule has 5 heteroatoms. The molecule has 5 nitrogen and oxygen atoms in total. The van der Waals surface area contributed by atoms with Gasteiger partial charge in [0.15, 0.2) is 5.65 Å². The van der Waals surface area contributed by atoms with E-state index in [1.54, 1.807) is 6.20 Å². The van der Waals surface area contributed by atoms with Crippen LogP contribution in [0.1, 0.15) is 36.6 Å². The molecule has 30 heavy (non-hydrogen) atoms. The Kier molecular flexibility index (Phi) is 5.44. The van der Waals surface area contributed by atoms with Crippen LogP contribution in [0.3, 0.4) is 0 Å². The third kappa shape index (κ3) is 4.15. The van der Waals surface area contributed by atoms with Gasteiger partial charge in [-0.2, -0.15) is 5.10 Å². The number of nitrogens with one attached hydrogen (secondary N) is 1. The largest absolute Gasteiger partial charge is 0.321 e. The molecule has 0 fully saturated rings. The lowest BCUT2D eigenvalue weighted by Gasteiger charge is -2.05. The van der Waals surface area contributed by atoms with E-state index < -0.39 is 0 Å². The number of para-hydroxylation sites is 1. The molecule has 0 atom stereocenters. The molecule has 0 aliphatic heterocycles. The number of aryl methyl sites for hydroxylation is 1. The summed E-state index contributed by atoms with van der Waals surface area (Å²) in [6.07, 6.45) is 5.00. The molecular formula is C25H24N4O. The third-order valence-corrected chi connectivity index (χ3v) is 5.01. The van der Waals surface area contributed by atoms with Crippen molar-refractivity contribution in [3.8, 4) is 5.69 Å². The van der Waals surface area contributed by atoms with Gasteiger partial charge in [0.2, 0.25) is 5.91 Å². The van der Waals surface area contributed by atoms with Gasteiger partial charge in [0, 0.05) is 11.5 Å². The summed E-state index contributed by atoms with van der Waals surface area (Å²) in [6.45, 7) is 6.26. The molecule has 4 aromatic rings. The Hall–Kier alpha value is -3.73. The molecule has 0 aliphatic rings. The van der Waals surface area contributed by atoms with E-state index in [9.17, 15) is 4.79 Å². The summed E-state index contributed by atoms with van der Waals surface area (Å²) in [7, 11) is 0. The zero-order chi connectivity index (χ0) is 21.1. The molecule has 2 aromatic carbocycles. The van der Waals surface area contributed by atoms with Gasteiger partial charge < -0.3 is 5.32 Å². The first kappa shape index (κ1) is 19.6. The van der Waals surface area contributed by atoms with Gasteiger partial charge in [-0.3, -0.25) is 4.79 Å². The second kappa shape index (κ2) is 8.33. The molecule has 0 aliphatic carbocycles. The third-order valence-electron chi connectivity index (χ3n) is 5.01. The fraction of sp³-hybridized carbons (Fsp3) is 0.160. The standard InChI is InChI=1S/C25H24N4O/c1-17(2)20-12-9-19(10-13-20)11-14-24(30)27-21-15-23-18(3)28-29(25(23)26-16-21)22-7-5-4-6-8-22/h4-17H,1-3H3,(H,27,30)/b14-11+. The van der Waals surface area contributed by atoms with Crippen LogP contribution in [0.5, 0.6) is 0 Å². The van der Waals surface area contributed by atoms with Gasteiger partial charge in [-0.15, -0.1) is 0 Å². The van der Waals surface area contributed by atoms with E-state index in [0.29, 0.717) is 11.6 Å². The highest BCUT2D eigenvalue weighted by Gasteiger charge is 2.11. The summed E-state index contributed by atoms with van der Waals surface area (Å²) in [4.78, 5) is 16.9. The van der Waals surface area contributed by atoms with Gasteiger partial charge in [0.25, 0.3) is 0 Å². The molecule has 0 bridgehead atoms. The second-order valence-corrected chi connectivity index (χ2v) is 7.57. The first-order valence-electron chi connectivity index (χ1n) is 10.0. The molecule has 2 aromatic heterocycles. The number of carbonyl (C=O) groups excluding carboxylic acids is 1. The molecule has 4 rings (SSSR count). The highest BCUT2D eigenvalue weighted by Crippen LogP contribution is 2.23. The normalized spacial score (nSPS) is 11.5. The SMILES string of the molecule is Cc1nn(-c2ccccc2)c2ncc(NC(=O)/C=C/c3ccc(C(C)C)cc3)cc12. The molecular weight excluding hydrogens is 372 g/mol. The van der Waals surface area contributed by atoms with Crippen LogP contribution in [0.2, 0.25) is 0 Å². The Balaban J connectivity index is 1.51. The number of anilines is 1. The lowest BCUT2D eigenvalue weighted by atomic mass is 10.0. The fourth-order valence-electron chi connectivity index (χ4n) is 3.31. The molecule has 0 radical (unpaired) electrons. The minimum Gasteiger partial charge on any atom is -0.321 e. The summed E-state index contributed by atoms with van der Waals surface area (Å²) in [5, 5.41) is 8.40. The summed E-state index contributed by atoms with van der Waals surface area (Å²) < 4.78 is 1.82. The number of hydrogen-bond acceptors (Lipinski definition) is 3. The van der Waals surface area contributed by atoms with Crippen molar-refractivity contribution >= 4 is 28.7 Å². The van der Waals surface area contributed by atoms with Gasteiger partial charge in [0.05, 0.1) is 23.3 Å². The van der Waals surface area contributed by atoms with Crippen molar-refractivity contribution in [1.29, 1.82) is 0 Å². The summed E-state index contributed by atoms with van der Waals surface area (Å²) in [6, 6.07) is 20.0. The number of amides is 1. The van der Waals surface area contributed by atoms with Crippen molar-refractivity contribution < 1.29 is 4.79 Å². The molecule has 0 saturated carbocycles. The summed E-state index contributed by atoms with van der Waals surface area (Å²) in [5.41, 5.74) is 5.48. The van der Waals surface area contributed by atoms with E-state index in [1.165, 1.54) is 11.6 Å². The Morgan fingerprint density at radius 3 is 2.50 bits per heavy atom. The van der Waals surface area contributed by atoms with Gasteiger partial charge in [-0.05, 0) is 48.2 Å². The van der Waals surface area contributed by atoms with Crippen LogP contribution in [0.25, 0.3) is 22.8 Å². The van der Waals surface area contributed by atoms with Crippen molar-refractivity contribution in [2.45, 2.75) is 26.7 Å². The van der Waals surface area contributed by atoms with Gasteiger partial charge in [-0.1, -0.05) is 56.3 Å². The average molecular weight is 396 g/mol. The molecule has 150 valence electrons. The number of benzene rings is 2. The summed E-state index contributed by atoms with van der Waals surface area (Å²) in [5.74, 6) is 0.292. The van der Waals surface area contributed by atoms with Crippen molar-refractivity contribution in [2.24, 2.45) is 0 Å². The lowest BCUT2D eigenvalue weighted by molar-refractivity contribution is -0.111. The predicted octanol–water partition coefficient (Wildman–Crippen LogP) is 5.50. The number of aromatic nitrogens is 3. The highest BCUT2D eigenvalue weighted by molar-refractivity contribution is 6.02. The van der Waals surface area contributed by atoms with E-state index in [4.69, 9.17) is 0 Å². The second-order valence-electron chi connectivity index (χ2n) is 7.57. The highest BCUT2D eigenvalue weighted by atomic mass is 16.1. The van der Waals surface area contributed by atoms with Crippen LogP contribution in [0.15, 0.2) is 72.9 Å². The summed E-state index contributed by atoms with van der Waals surface area (Å²) >= 11 is 0. The van der Waals surface area contributed by atoms with Crippen molar-refractivity contribution in [3.63, 3.8) is 0 Å². The van der Waals surface area contributed by atoms with Crippen molar-refractivity contribution in [3.05, 3.63) is 89.8 Å². The average Bonchev–Trinajstić information content (AvgIpc) is 3.09. The number of hydrogen-bond donors (Lipinski definition) is 1. The van der Waals surface area contributed by atoms with Crippen LogP contribution in [-0.4, -0.2) is 20.7 Å². The smallest absolute Gasteiger partial charge is 0.248 e. The molecule has 1 amide bonds. The molecule has 2 heterocycles. The quantitative estimate of drug-likeness (QED) is 0.453. The number of rotatable bonds is 5. The van der Waals surface area contributed by atoms with Crippen LogP contribution < -0.4 is 5.32 Å². The van der Waals surface area contributed by atoms with E-state index in [2.05, 4.69) is 41.4 Å². The molecule has 1 N–H and O–H groups in total. The van der Waals surface area contributed by atoms with Gasteiger partial charge in [-0.25, -0.2) is 9.67 Å². The fourth-order valence-corrected chi connectivity index (χ4v) is 3.31. The van der Waals surface area contributed by atoms with Crippen LogP contribution in [0, 0.1) is 6.92 Å². The number of nitrogens with zero attached hydrogens (tertiary/aromatic N) is 3. The Bertz CT molecular complexity index is 1210. The lowest BCUT2D eigenvalue weighted by Crippen LogP contribution is -2.08. The first-order valence-corrected chi connectivity index (χ1v) is 10.0. The Morgan fingerprint density at radius 2 is 1.80 bits per heavy atom. The van der Waals surface area contributed by atoms with Gasteiger partial charge >= 0.3 is 0 Å². The zero-order valence-electron chi connectivity index (χ0n) is 17.3. The van der Waals surface area contributed by atoms with Crippen molar-refractivity contribution in [2.75, 3.05) is 5.32 Å². The monoisotopic (exact) mass is 396 g/mol. The zero-order valence-corrected chi connectivity index (χ0v) is 17.3. The van der Waals surface area contributed by atoms with E-state index in [0.717, 1.165) is 28.0 Å².